The van der Waals surface area contributed by atoms with Gasteiger partial charge in [0.2, 0.25) is 0 Å². The molecule has 2 unspecified atom stereocenters. The molecule has 2 rings (SSSR count). The van der Waals surface area contributed by atoms with Gasteiger partial charge in [0, 0.05) is 37.5 Å². The molecular formula is C15H24N2O. The molecule has 0 aliphatic carbocycles. The number of piperazine rings is 1. The van der Waals surface area contributed by atoms with Crippen LogP contribution in [0.2, 0.25) is 0 Å². The fourth-order valence-corrected chi connectivity index (χ4v) is 2.70. The van der Waals surface area contributed by atoms with E-state index in [9.17, 15) is 0 Å². The number of rotatable bonds is 4. The standard InChI is InChI=1S/C15H24N2O/c1-3-13-6-4-5-7-15(13)17-11-14(8-9-18)16-10-12(17)2/h4-7,12,14,16,18H,3,8-11H2,1-2H3. The van der Waals surface area contributed by atoms with E-state index in [-0.39, 0.29) is 6.61 Å². The van der Waals surface area contributed by atoms with Gasteiger partial charge in [-0.05, 0) is 31.4 Å². The first-order chi connectivity index (χ1) is 8.76. The number of aliphatic hydroxyl groups is 1. The van der Waals surface area contributed by atoms with Gasteiger partial charge in [0.25, 0.3) is 0 Å². The van der Waals surface area contributed by atoms with Crippen LogP contribution < -0.4 is 10.2 Å². The van der Waals surface area contributed by atoms with Gasteiger partial charge in [0.15, 0.2) is 0 Å². The molecule has 3 heteroatoms. The van der Waals surface area contributed by atoms with Crippen molar-refractivity contribution in [2.24, 2.45) is 0 Å². The van der Waals surface area contributed by atoms with Gasteiger partial charge in [-0.15, -0.1) is 0 Å². The van der Waals surface area contributed by atoms with E-state index in [4.69, 9.17) is 5.11 Å². The molecule has 3 nitrogen and oxygen atoms in total. The Hall–Kier alpha value is -1.06. The summed E-state index contributed by atoms with van der Waals surface area (Å²) in [5, 5.41) is 12.6. The van der Waals surface area contributed by atoms with Crippen molar-refractivity contribution in [2.75, 3.05) is 24.6 Å². The van der Waals surface area contributed by atoms with E-state index in [1.165, 1.54) is 11.3 Å². The molecule has 1 aliphatic heterocycles. The number of nitrogens with one attached hydrogen (secondary N) is 1. The Kier molecular flexibility index (Phi) is 4.61. The normalized spacial score (nSPS) is 24.3. The number of anilines is 1. The molecule has 0 spiro atoms. The number of hydrogen-bond acceptors (Lipinski definition) is 3. The minimum atomic E-state index is 0.259. The summed E-state index contributed by atoms with van der Waals surface area (Å²) < 4.78 is 0. The maximum Gasteiger partial charge on any atom is 0.0446 e. The first kappa shape index (κ1) is 13.4. The molecule has 1 saturated heterocycles. The fourth-order valence-electron chi connectivity index (χ4n) is 2.70. The third-order valence-corrected chi connectivity index (χ3v) is 3.81. The van der Waals surface area contributed by atoms with Crippen LogP contribution in [0.4, 0.5) is 5.69 Å². The molecular weight excluding hydrogens is 224 g/mol. The average Bonchev–Trinajstić information content (AvgIpc) is 2.41. The zero-order valence-electron chi connectivity index (χ0n) is 11.4. The number of para-hydroxylation sites is 1. The summed E-state index contributed by atoms with van der Waals surface area (Å²) in [5.41, 5.74) is 2.77. The van der Waals surface area contributed by atoms with Gasteiger partial charge >= 0.3 is 0 Å². The highest BCUT2D eigenvalue weighted by molar-refractivity contribution is 5.55. The molecule has 0 amide bonds. The van der Waals surface area contributed by atoms with Crippen molar-refractivity contribution in [1.29, 1.82) is 0 Å². The third-order valence-electron chi connectivity index (χ3n) is 3.81. The predicted octanol–water partition coefficient (Wildman–Crippen LogP) is 1.80. The van der Waals surface area contributed by atoms with Crippen LogP contribution >= 0.6 is 0 Å². The minimum Gasteiger partial charge on any atom is -0.396 e. The Morgan fingerprint density at radius 3 is 2.89 bits per heavy atom. The largest absolute Gasteiger partial charge is 0.396 e. The van der Waals surface area contributed by atoms with Crippen molar-refractivity contribution >= 4 is 5.69 Å². The highest BCUT2D eigenvalue weighted by Crippen LogP contribution is 2.25. The average molecular weight is 248 g/mol. The van der Waals surface area contributed by atoms with Crippen LogP contribution in [0.15, 0.2) is 24.3 Å². The lowest BCUT2D eigenvalue weighted by Gasteiger charge is -2.41. The lowest BCUT2D eigenvalue weighted by atomic mass is 10.0. The zero-order chi connectivity index (χ0) is 13.0. The zero-order valence-corrected chi connectivity index (χ0v) is 11.4. The predicted molar refractivity (Wildman–Crippen MR) is 76.1 cm³/mol. The SMILES string of the molecule is CCc1ccccc1N1CC(CCO)NCC1C. The Bertz CT molecular complexity index is 381. The second-order valence-electron chi connectivity index (χ2n) is 5.10. The molecule has 18 heavy (non-hydrogen) atoms. The quantitative estimate of drug-likeness (QED) is 0.853. The molecule has 2 N–H and O–H groups in total. The summed E-state index contributed by atoms with van der Waals surface area (Å²) >= 11 is 0. The van der Waals surface area contributed by atoms with Crippen LogP contribution in [-0.4, -0.2) is 36.9 Å². The van der Waals surface area contributed by atoms with Gasteiger partial charge in [0.05, 0.1) is 0 Å². The van der Waals surface area contributed by atoms with E-state index in [0.29, 0.717) is 12.1 Å². The van der Waals surface area contributed by atoms with Gasteiger partial charge in [-0.2, -0.15) is 0 Å². The first-order valence-electron chi connectivity index (χ1n) is 6.95. The van der Waals surface area contributed by atoms with Crippen LogP contribution in [0, 0.1) is 0 Å². The van der Waals surface area contributed by atoms with E-state index in [1.54, 1.807) is 0 Å². The van der Waals surface area contributed by atoms with E-state index in [1.807, 2.05) is 0 Å². The number of benzene rings is 1. The van der Waals surface area contributed by atoms with Crippen LogP contribution in [0.3, 0.4) is 0 Å². The Labute approximate surface area is 110 Å². The van der Waals surface area contributed by atoms with Crippen molar-refractivity contribution in [3.05, 3.63) is 29.8 Å². The third kappa shape index (κ3) is 2.85. The van der Waals surface area contributed by atoms with E-state index >= 15 is 0 Å². The van der Waals surface area contributed by atoms with E-state index in [2.05, 4.69) is 48.3 Å². The smallest absolute Gasteiger partial charge is 0.0446 e. The summed E-state index contributed by atoms with van der Waals surface area (Å²) in [6, 6.07) is 9.57. The van der Waals surface area contributed by atoms with Crippen LogP contribution in [0.25, 0.3) is 0 Å². The maximum atomic E-state index is 9.08. The summed E-state index contributed by atoms with van der Waals surface area (Å²) in [6.45, 7) is 6.70. The molecule has 1 aliphatic rings. The Morgan fingerprint density at radius 1 is 1.39 bits per heavy atom. The highest BCUT2D eigenvalue weighted by atomic mass is 16.3. The topological polar surface area (TPSA) is 35.5 Å². The van der Waals surface area contributed by atoms with Crippen molar-refractivity contribution in [2.45, 2.75) is 38.8 Å². The molecule has 1 heterocycles. The number of aliphatic hydroxyl groups excluding tert-OH is 1. The molecule has 100 valence electrons. The summed E-state index contributed by atoms with van der Waals surface area (Å²) in [4.78, 5) is 2.48. The van der Waals surface area contributed by atoms with E-state index < -0.39 is 0 Å². The van der Waals surface area contributed by atoms with Gasteiger partial charge in [0.1, 0.15) is 0 Å². The fraction of sp³-hybridized carbons (Fsp3) is 0.600. The Balaban J connectivity index is 2.18. The van der Waals surface area contributed by atoms with Crippen molar-refractivity contribution < 1.29 is 5.11 Å². The van der Waals surface area contributed by atoms with E-state index in [0.717, 1.165) is 25.9 Å². The van der Waals surface area contributed by atoms with Crippen LogP contribution in [-0.2, 0) is 6.42 Å². The molecule has 0 aromatic heterocycles. The molecule has 1 aromatic rings. The van der Waals surface area contributed by atoms with Crippen LogP contribution in [0.5, 0.6) is 0 Å². The lowest BCUT2D eigenvalue weighted by Crippen LogP contribution is -2.56. The maximum absolute atomic E-state index is 9.08. The lowest BCUT2D eigenvalue weighted by molar-refractivity contribution is 0.254. The van der Waals surface area contributed by atoms with Gasteiger partial charge in [-0.1, -0.05) is 25.1 Å². The second-order valence-corrected chi connectivity index (χ2v) is 5.10. The minimum absolute atomic E-state index is 0.259. The van der Waals surface area contributed by atoms with Crippen LogP contribution in [0.1, 0.15) is 25.8 Å². The monoisotopic (exact) mass is 248 g/mol. The molecule has 1 aromatic carbocycles. The van der Waals surface area contributed by atoms with Gasteiger partial charge < -0.3 is 15.3 Å². The number of hydrogen-bond donors (Lipinski definition) is 2. The van der Waals surface area contributed by atoms with Crippen molar-refractivity contribution in [3.63, 3.8) is 0 Å². The van der Waals surface area contributed by atoms with Gasteiger partial charge in [-0.25, -0.2) is 0 Å². The van der Waals surface area contributed by atoms with Crippen molar-refractivity contribution in [1.82, 2.24) is 5.32 Å². The second kappa shape index (κ2) is 6.21. The first-order valence-corrected chi connectivity index (χ1v) is 6.95. The highest BCUT2D eigenvalue weighted by Gasteiger charge is 2.25. The van der Waals surface area contributed by atoms with Crippen molar-refractivity contribution in [3.8, 4) is 0 Å². The molecule has 2 atom stereocenters. The Morgan fingerprint density at radius 2 is 2.17 bits per heavy atom. The summed E-state index contributed by atoms with van der Waals surface area (Å²) in [5.74, 6) is 0. The molecule has 0 radical (unpaired) electrons. The number of nitrogens with zero attached hydrogens (tertiary/aromatic N) is 1. The molecule has 0 bridgehead atoms. The number of aryl methyl sites for hydroxylation is 1. The summed E-state index contributed by atoms with van der Waals surface area (Å²) in [7, 11) is 0. The van der Waals surface area contributed by atoms with Gasteiger partial charge in [-0.3, -0.25) is 0 Å². The molecule has 1 fully saturated rings. The summed E-state index contributed by atoms with van der Waals surface area (Å²) in [6.07, 6.45) is 1.90. The molecule has 0 saturated carbocycles.